The van der Waals surface area contributed by atoms with Crippen LogP contribution >= 0.6 is 38.9 Å². The van der Waals surface area contributed by atoms with Crippen LogP contribution in [0.3, 0.4) is 0 Å². The van der Waals surface area contributed by atoms with Crippen molar-refractivity contribution in [3.8, 4) is 0 Å². The van der Waals surface area contributed by atoms with Gasteiger partial charge >= 0.3 is 0 Å². The molecule has 0 saturated carbocycles. The highest BCUT2D eigenvalue weighted by molar-refractivity contribution is 9.11. The zero-order chi connectivity index (χ0) is 11.5. The van der Waals surface area contributed by atoms with Crippen molar-refractivity contribution in [2.45, 2.75) is 12.4 Å². The van der Waals surface area contributed by atoms with Crippen molar-refractivity contribution in [1.82, 2.24) is 4.98 Å². The molecular formula is C10H10BrClN2OS. The van der Waals surface area contributed by atoms with E-state index in [0.717, 1.165) is 16.0 Å². The Balaban J connectivity index is 2.05. The number of oxazole rings is 1. The number of nitrogens with zero attached hydrogens (tertiary/aromatic N) is 2. The Labute approximate surface area is 111 Å². The first-order valence-electron chi connectivity index (χ1n) is 4.63. The lowest BCUT2D eigenvalue weighted by molar-refractivity contribution is 0.544. The first kappa shape index (κ1) is 12.0. The third kappa shape index (κ3) is 2.78. The van der Waals surface area contributed by atoms with E-state index >= 15 is 0 Å². The van der Waals surface area contributed by atoms with Crippen molar-refractivity contribution in [3.05, 3.63) is 32.8 Å². The van der Waals surface area contributed by atoms with Crippen LogP contribution in [0.15, 0.2) is 25.9 Å². The Morgan fingerprint density at radius 2 is 2.44 bits per heavy atom. The molecule has 0 aliphatic carbocycles. The number of anilines is 1. The van der Waals surface area contributed by atoms with Gasteiger partial charge < -0.3 is 9.32 Å². The molecule has 2 rings (SSSR count). The second kappa shape index (κ2) is 5.21. The number of alkyl halides is 1. The minimum atomic E-state index is 0.376. The first-order valence-corrected chi connectivity index (χ1v) is 6.84. The average molecular weight is 322 g/mol. The van der Waals surface area contributed by atoms with Crippen LogP contribution in [0, 0.1) is 0 Å². The number of aromatic nitrogens is 1. The molecule has 0 spiro atoms. The fraction of sp³-hybridized carbons (Fsp3) is 0.300. The molecule has 0 atom stereocenters. The quantitative estimate of drug-likeness (QED) is 0.800. The molecule has 0 unspecified atom stereocenters. The minimum Gasteiger partial charge on any atom is -0.432 e. The highest BCUT2D eigenvalue weighted by Gasteiger charge is 2.09. The maximum atomic E-state index is 5.66. The highest BCUT2D eigenvalue weighted by atomic mass is 79.9. The van der Waals surface area contributed by atoms with Crippen LogP contribution in [0.4, 0.5) is 6.01 Å². The van der Waals surface area contributed by atoms with E-state index in [2.05, 4.69) is 32.4 Å². The molecule has 0 N–H and O–H groups in total. The van der Waals surface area contributed by atoms with Crippen LogP contribution in [0.5, 0.6) is 0 Å². The molecule has 3 nitrogen and oxygen atoms in total. The number of hydrogen-bond acceptors (Lipinski definition) is 4. The standard InChI is InChI=1S/C10H10BrClN2OS/c1-14(4-7-2-9(11)16-6-7)10-13-8(3-12)5-15-10/h2,5-6H,3-4H2,1H3. The molecule has 0 bridgehead atoms. The van der Waals surface area contributed by atoms with Gasteiger partial charge in [0.15, 0.2) is 0 Å². The Kier molecular flexibility index (Phi) is 3.89. The summed E-state index contributed by atoms with van der Waals surface area (Å²) in [6.07, 6.45) is 1.59. The second-order valence-electron chi connectivity index (χ2n) is 3.37. The third-order valence-corrected chi connectivity index (χ3v) is 3.87. The smallest absolute Gasteiger partial charge is 0.297 e. The molecule has 2 aromatic heterocycles. The van der Waals surface area contributed by atoms with E-state index in [1.165, 1.54) is 5.56 Å². The van der Waals surface area contributed by atoms with Crippen LogP contribution in [-0.2, 0) is 12.4 Å². The summed E-state index contributed by atoms with van der Waals surface area (Å²) in [5.41, 5.74) is 1.99. The van der Waals surface area contributed by atoms with Gasteiger partial charge in [-0.1, -0.05) is 0 Å². The van der Waals surface area contributed by atoms with E-state index in [1.54, 1.807) is 17.6 Å². The van der Waals surface area contributed by atoms with Gasteiger partial charge in [0.1, 0.15) is 6.26 Å². The molecular weight excluding hydrogens is 312 g/mol. The van der Waals surface area contributed by atoms with E-state index in [-0.39, 0.29) is 0 Å². The maximum Gasteiger partial charge on any atom is 0.297 e. The Morgan fingerprint density at radius 3 is 3.00 bits per heavy atom. The van der Waals surface area contributed by atoms with Gasteiger partial charge in [-0.3, -0.25) is 0 Å². The number of thiophene rings is 1. The monoisotopic (exact) mass is 320 g/mol. The van der Waals surface area contributed by atoms with Gasteiger partial charge in [0.05, 0.1) is 15.4 Å². The molecule has 0 radical (unpaired) electrons. The molecule has 0 aromatic carbocycles. The molecule has 0 saturated heterocycles. The molecule has 0 aliphatic rings. The van der Waals surface area contributed by atoms with E-state index in [1.807, 2.05) is 11.9 Å². The second-order valence-corrected chi connectivity index (χ2v) is 5.93. The molecule has 2 aromatic rings. The summed E-state index contributed by atoms with van der Waals surface area (Å²) in [5, 5.41) is 2.10. The fourth-order valence-electron chi connectivity index (χ4n) is 1.30. The van der Waals surface area contributed by atoms with Gasteiger partial charge in [-0.2, -0.15) is 4.98 Å². The van der Waals surface area contributed by atoms with Crippen molar-refractivity contribution in [2.24, 2.45) is 0 Å². The number of hydrogen-bond donors (Lipinski definition) is 0. The van der Waals surface area contributed by atoms with Crippen LogP contribution in [0.2, 0.25) is 0 Å². The molecule has 6 heteroatoms. The van der Waals surface area contributed by atoms with Gasteiger partial charge in [0, 0.05) is 13.6 Å². The molecule has 16 heavy (non-hydrogen) atoms. The maximum absolute atomic E-state index is 5.66. The van der Waals surface area contributed by atoms with E-state index in [0.29, 0.717) is 11.9 Å². The fourth-order valence-corrected chi connectivity index (χ4v) is 2.63. The van der Waals surface area contributed by atoms with E-state index < -0.39 is 0 Å². The predicted octanol–water partition coefficient (Wildman–Crippen LogP) is 3.87. The van der Waals surface area contributed by atoms with E-state index in [4.69, 9.17) is 16.0 Å². The largest absolute Gasteiger partial charge is 0.432 e. The van der Waals surface area contributed by atoms with Gasteiger partial charge in [0.25, 0.3) is 6.01 Å². The van der Waals surface area contributed by atoms with Gasteiger partial charge in [-0.05, 0) is 32.9 Å². The van der Waals surface area contributed by atoms with Gasteiger partial charge in [0.2, 0.25) is 0 Å². The molecule has 0 fully saturated rings. The van der Waals surface area contributed by atoms with Crippen molar-refractivity contribution in [1.29, 1.82) is 0 Å². The average Bonchev–Trinajstić information content (AvgIpc) is 2.87. The van der Waals surface area contributed by atoms with Crippen molar-refractivity contribution in [2.75, 3.05) is 11.9 Å². The summed E-state index contributed by atoms with van der Waals surface area (Å²) in [6, 6.07) is 2.69. The summed E-state index contributed by atoms with van der Waals surface area (Å²) in [6.45, 7) is 0.768. The van der Waals surface area contributed by atoms with Gasteiger partial charge in [-0.15, -0.1) is 22.9 Å². The first-order chi connectivity index (χ1) is 7.69. The Morgan fingerprint density at radius 1 is 1.62 bits per heavy atom. The summed E-state index contributed by atoms with van der Waals surface area (Å²) >= 11 is 10.8. The third-order valence-electron chi connectivity index (χ3n) is 2.04. The topological polar surface area (TPSA) is 29.3 Å². The van der Waals surface area contributed by atoms with Crippen LogP contribution in [0.1, 0.15) is 11.3 Å². The lowest BCUT2D eigenvalue weighted by Gasteiger charge is -2.12. The lowest BCUT2D eigenvalue weighted by atomic mass is 10.3. The minimum absolute atomic E-state index is 0.376. The van der Waals surface area contributed by atoms with Crippen molar-refractivity contribution < 1.29 is 4.42 Å². The van der Waals surface area contributed by atoms with Gasteiger partial charge in [-0.25, -0.2) is 0 Å². The zero-order valence-corrected chi connectivity index (χ0v) is 11.8. The Hall–Kier alpha value is -0.520. The summed E-state index contributed by atoms with van der Waals surface area (Å²) in [7, 11) is 1.94. The zero-order valence-electron chi connectivity index (χ0n) is 8.61. The molecule has 2 heterocycles. The lowest BCUT2D eigenvalue weighted by Crippen LogP contribution is -2.16. The summed E-state index contributed by atoms with van der Waals surface area (Å²) < 4.78 is 6.45. The molecule has 0 amide bonds. The normalized spacial score (nSPS) is 10.7. The number of halogens is 2. The molecule has 0 aliphatic heterocycles. The SMILES string of the molecule is CN(Cc1csc(Br)c1)c1nc(CCl)co1. The highest BCUT2D eigenvalue weighted by Crippen LogP contribution is 2.23. The van der Waals surface area contributed by atoms with Crippen molar-refractivity contribution in [3.63, 3.8) is 0 Å². The summed E-state index contributed by atoms with van der Waals surface area (Å²) in [5.74, 6) is 0.376. The van der Waals surface area contributed by atoms with Crippen LogP contribution in [-0.4, -0.2) is 12.0 Å². The Bertz CT molecular complexity index is 471. The summed E-state index contributed by atoms with van der Waals surface area (Å²) in [4.78, 5) is 6.20. The van der Waals surface area contributed by atoms with E-state index in [9.17, 15) is 0 Å². The van der Waals surface area contributed by atoms with Crippen LogP contribution < -0.4 is 4.90 Å². The van der Waals surface area contributed by atoms with Crippen LogP contribution in [0.25, 0.3) is 0 Å². The predicted molar refractivity (Wildman–Crippen MR) is 70.2 cm³/mol. The van der Waals surface area contributed by atoms with Crippen molar-refractivity contribution >= 4 is 44.9 Å². The number of rotatable bonds is 4. The molecule has 86 valence electrons.